The minimum absolute atomic E-state index is 0.333. The first-order valence-electron chi connectivity index (χ1n) is 10.0. The standard InChI is InChI=1S/C28H22O5/c1-4-20(3)31-24-13-11-23(12-14-24)22-9-6-21(7-10-22)8-19-28(30)33-26-17-15-25(16-18-26)32-27(29)5-2/h4-19H,1-3H2/b19-8+. The molecule has 3 aromatic rings. The molecule has 0 unspecified atom stereocenters. The number of carbonyl (C=O) groups excluding carboxylic acids is 2. The molecule has 5 nitrogen and oxygen atoms in total. The van der Waals surface area contributed by atoms with E-state index in [1.54, 1.807) is 12.2 Å². The average molecular weight is 438 g/mol. The fourth-order valence-corrected chi connectivity index (χ4v) is 2.74. The monoisotopic (exact) mass is 438 g/mol. The molecule has 0 spiro atoms. The van der Waals surface area contributed by atoms with Gasteiger partial charge in [-0.25, -0.2) is 9.59 Å². The van der Waals surface area contributed by atoms with Crippen LogP contribution in [-0.4, -0.2) is 11.9 Å². The summed E-state index contributed by atoms with van der Waals surface area (Å²) in [7, 11) is 0. The van der Waals surface area contributed by atoms with Crippen molar-refractivity contribution < 1.29 is 23.8 Å². The van der Waals surface area contributed by atoms with E-state index in [1.165, 1.54) is 30.3 Å². The molecular formula is C28H22O5. The van der Waals surface area contributed by atoms with Crippen LogP contribution in [0.25, 0.3) is 17.2 Å². The molecule has 0 saturated heterocycles. The molecule has 0 aliphatic carbocycles. The summed E-state index contributed by atoms with van der Waals surface area (Å²) in [6.45, 7) is 10.7. The van der Waals surface area contributed by atoms with Crippen molar-refractivity contribution in [1.82, 2.24) is 0 Å². The summed E-state index contributed by atoms with van der Waals surface area (Å²) in [6, 6.07) is 21.5. The van der Waals surface area contributed by atoms with Crippen molar-refractivity contribution in [1.29, 1.82) is 0 Å². The van der Waals surface area contributed by atoms with Gasteiger partial charge in [0.25, 0.3) is 0 Å². The summed E-state index contributed by atoms with van der Waals surface area (Å²) in [6.07, 6.45) is 5.64. The molecule has 5 heteroatoms. The zero-order valence-electron chi connectivity index (χ0n) is 17.9. The Labute approximate surface area is 192 Å². The zero-order valence-corrected chi connectivity index (χ0v) is 17.9. The van der Waals surface area contributed by atoms with Crippen LogP contribution in [0, 0.1) is 0 Å². The van der Waals surface area contributed by atoms with E-state index < -0.39 is 11.9 Å². The highest BCUT2D eigenvalue weighted by Gasteiger charge is 2.04. The molecule has 0 aliphatic heterocycles. The fourth-order valence-electron chi connectivity index (χ4n) is 2.74. The molecule has 3 rings (SSSR count). The quantitative estimate of drug-likeness (QED) is 0.132. The number of ether oxygens (including phenoxy) is 3. The molecule has 33 heavy (non-hydrogen) atoms. The van der Waals surface area contributed by atoms with Gasteiger partial charge in [0.05, 0.1) is 0 Å². The summed E-state index contributed by atoms with van der Waals surface area (Å²) in [5, 5.41) is 0. The van der Waals surface area contributed by atoms with Gasteiger partial charge in [-0.15, -0.1) is 0 Å². The summed E-state index contributed by atoms with van der Waals surface area (Å²) in [5.74, 6) is 0.765. The molecule has 0 bridgehead atoms. The van der Waals surface area contributed by atoms with E-state index in [0.717, 1.165) is 22.8 Å². The Hall–Kier alpha value is -4.64. The lowest BCUT2D eigenvalue weighted by Crippen LogP contribution is -2.05. The van der Waals surface area contributed by atoms with Crippen LogP contribution >= 0.6 is 0 Å². The van der Waals surface area contributed by atoms with Gasteiger partial charge in [-0.3, -0.25) is 0 Å². The average Bonchev–Trinajstić information content (AvgIpc) is 2.84. The van der Waals surface area contributed by atoms with Crippen molar-refractivity contribution in [3.05, 3.63) is 122 Å². The van der Waals surface area contributed by atoms with E-state index in [9.17, 15) is 9.59 Å². The molecular weight excluding hydrogens is 416 g/mol. The van der Waals surface area contributed by atoms with E-state index in [1.807, 2.05) is 48.5 Å². The number of esters is 2. The van der Waals surface area contributed by atoms with Crippen LogP contribution in [-0.2, 0) is 9.59 Å². The zero-order chi connectivity index (χ0) is 23.6. The van der Waals surface area contributed by atoms with Gasteiger partial charge in [0, 0.05) is 12.2 Å². The van der Waals surface area contributed by atoms with Crippen LogP contribution in [0.1, 0.15) is 5.56 Å². The molecule has 0 aromatic heterocycles. The van der Waals surface area contributed by atoms with Crippen molar-refractivity contribution in [3.63, 3.8) is 0 Å². The Morgan fingerprint density at radius 1 is 0.606 bits per heavy atom. The molecule has 0 fully saturated rings. The molecule has 164 valence electrons. The van der Waals surface area contributed by atoms with Gasteiger partial charge in [-0.1, -0.05) is 56.1 Å². The molecule has 0 saturated carbocycles. The molecule has 0 atom stereocenters. The van der Waals surface area contributed by atoms with Crippen LogP contribution in [0.2, 0.25) is 0 Å². The second-order valence-electron chi connectivity index (χ2n) is 6.77. The maximum atomic E-state index is 12.1. The first kappa shape index (κ1) is 23.0. The molecule has 0 amide bonds. The lowest BCUT2D eigenvalue weighted by Gasteiger charge is -2.07. The maximum absolute atomic E-state index is 12.1. The Morgan fingerprint density at radius 3 is 1.58 bits per heavy atom. The number of hydrogen-bond donors (Lipinski definition) is 0. The summed E-state index contributed by atoms with van der Waals surface area (Å²) in [4.78, 5) is 23.3. The largest absolute Gasteiger partial charge is 0.458 e. The highest BCUT2D eigenvalue weighted by atomic mass is 16.5. The van der Waals surface area contributed by atoms with E-state index in [-0.39, 0.29) is 0 Å². The van der Waals surface area contributed by atoms with Gasteiger partial charge in [-0.05, 0) is 65.2 Å². The van der Waals surface area contributed by atoms with E-state index in [4.69, 9.17) is 14.2 Å². The van der Waals surface area contributed by atoms with Gasteiger partial charge in [0.15, 0.2) is 0 Å². The molecule has 0 heterocycles. The fraction of sp³-hybridized carbons (Fsp3) is 0. The van der Waals surface area contributed by atoms with Crippen molar-refractivity contribution in [2.75, 3.05) is 0 Å². The number of benzene rings is 3. The minimum Gasteiger partial charge on any atom is -0.458 e. The van der Waals surface area contributed by atoms with E-state index in [2.05, 4.69) is 19.7 Å². The van der Waals surface area contributed by atoms with Crippen molar-refractivity contribution in [3.8, 4) is 28.4 Å². The van der Waals surface area contributed by atoms with Gasteiger partial charge in [0.2, 0.25) is 0 Å². The second kappa shape index (κ2) is 11.1. The third-order valence-corrected chi connectivity index (χ3v) is 4.41. The van der Waals surface area contributed by atoms with Crippen molar-refractivity contribution in [2.45, 2.75) is 0 Å². The van der Waals surface area contributed by atoms with Crippen LogP contribution in [0.15, 0.2) is 117 Å². The van der Waals surface area contributed by atoms with E-state index >= 15 is 0 Å². The third kappa shape index (κ3) is 6.94. The van der Waals surface area contributed by atoms with E-state index in [0.29, 0.717) is 23.0 Å². The van der Waals surface area contributed by atoms with Crippen LogP contribution < -0.4 is 14.2 Å². The summed E-state index contributed by atoms with van der Waals surface area (Å²) in [5.41, 5.74) is 2.91. The topological polar surface area (TPSA) is 61.8 Å². The van der Waals surface area contributed by atoms with Crippen LogP contribution in [0.3, 0.4) is 0 Å². The number of allylic oxidation sites excluding steroid dienone is 1. The summed E-state index contributed by atoms with van der Waals surface area (Å²) >= 11 is 0. The highest BCUT2D eigenvalue weighted by Crippen LogP contribution is 2.24. The number of carbonyl (C=O) groups is 2. The first-order valence-corrected chi connectivity index (χ1v) is 10.0. The van der Waals surface area contributed by atoms with Crippen molar-refractivity contribution in [2.24, 2.45) is 0 Å². The SMILES string of the molecule is C=CC(=C)Oc1ccc(-c2ccc(/C=C/C(=O)Oc3ccc(OC(=O)C=C)cc3)cc2)cc1. The van der Waals surface area contributed by atoms with Gasteiger partial charge < -0.3 is 14.2 Å². The summed E-state index contributed by atoms with van der Waals surface area (Å²) < 4.78 is 15.7. The third-order valence-electron chi connectivity index (χ3n) is 4.41. The highest BCUT2D eigenvalue weighted by molar-refractivity contribution is 5.89. The smallest absolute Gasteiger partial charge is 0.336 e. The first-order chi connectivity index (χ1) is 16.0. The van der Waals surface area contributed by atoms with Gasteiger partial charge in [0.1, 0.15) is 23.0 Å². The predicted octanol–water partition coefficient (Wildman–Crippen LogP) is 6.14. The Kier molecular flexibility index (Phi) is 7.76. The Balaban J connectivity index is 1.56. The molecule has 3 aromatic carbocycles. The lowest BCUT2D eigenvalue weighted by atomic mass is 10.0. The van der Waals surface area contributed by atoms with Gasteiger partial charge in [-0.2, -0.15) is 0 Å². The van der Waals surface area contributed by atoms with Crippen molar-refractivity contribution >= 4 is 18.0 Å². The number of rotatable bonds is 9. The molecule has 0 radical (unpaired) electrons. The van der Waals surface area contributed by atoms with Crippen LogP contribution in [0.4, 0.5) is 0 Å². The maximum Gasteiger partial charge on any atom is 0.336 e. The second-order valence-corrected chi connectivity index (χ2v) is 6.77. The minimum atomic E-state index is -0.561. The lowest BCUT2D eigenvalue weighted by molar-refractivity contribution is -0.130. The Morgan fingerprint density at radius 2 is 1.06 bits per heavy atom. The van der Waals surface area contributed by atoms with Crippen LogP contribution in [0.5, 0.6) is 17.2 Å². The predicted molar refractivity (Wildman–Crippen MR) is 129 cm³/mol. The van der Waals surface area contributed by atoms with Gasteiger partial charge >= 0.3 is 11.9 Å². The number of hydrogen-bond acceptors (Lipinski definition) is 5. The molecule has 0 N–H and O–H groups in total. The Bertz CT molecular complexity index is 1180. The molecule has 0 aliphatic rings. The normalized spacial score (nSPS) is 10.3.